The Morgan fingerprint density at radius 3 is 2.75 bits per heavy atom. The lowest BCUT2D eigenvalue weighted by Gasteiger charge is -2.37. The number of nitrogens with zero attached hydrogens (tertiary/aromatic N) is 2. The molecule has 2 aromatic heterocycles. The van der Waals surface area contributed by atoms with Crippen molar-refractivity contribution in [1.82, 2.24) is 14.8 Å². The molecule has 0 aliphatic carbocycles. The van der Waals surface area contributed by atoms with Gasteiger partial charge in [-0.05, 0) is 63.7 Å². The highest BCUT2D eigenvalue weighted by atomic mass is 16.3. The Morgan fingerprint density at radius 2 is 2.12 bits per heavy atom. The Kier molecular flexibility index (Phi) is 4.85. The monoisotopic (exact) mass is 329 g/mol. The van der Waals surface area contributed by atoms with Gasteiger partial charge in [0.2, 0.25) is 5.56 Å². The topological polar surface area (TPSA) is 69.6 Å². The molecule has 0 unspecified atom stereocenters. The van der Waals surface area contributed by atoms with Gasteiger partial charge in [-0.15, -0.1) is 0 Å². The van der Waals surface area contributed by atoms with Gasteiger partial charge in [0.25, 0.3) is 5.91 Å². The van der Waals surface area contributed by atoms with Crippen LogP contribution in [0.1, 0.15) is 34.7 Å². The van der Waals surface area contributed by atoms with Crippen molar-refractivity contribution < 1.29 is 9.21 Å². The molecule has 0 bridgehead atoms. The Labute approximate surface area is 141 Å². The number of amides is 1. The molecular weight excluding hydrogens is 306 g/mol. The van der Waals surface area contributed by atoms with E-state index < -0.39 is 0 Å². The minimum atomic E-state index is -0.250. The molecule has 2 aromatic rings. The summed E-state index contributed by atoms with van der Waals surface area (Å²) in [4.78, 5) is 31.5. The SMILES string of the molecule is Cc1cc(C(=O)N(Cc2ccco2)C2CCN(C)CC2)[nH]c(=O)c1. The Bertz CT molecular complexity index is 743. The van der Waals surface area contributed by atoms with Crippen LogP contribution in [-0.4, -0.2) is 46.9 Å². The van der Waals surface area contributed by atoms with E-state index >= 15 is 0 Å². The van der Waals surface area contributed by atoms with Crippen LogP contribution < -0.4 is 5.56 Å². The number of pyridine rings is 1. The van der Waals surface area contributed by atoms with Crippen LogP contribution >= 0.6 is 0 Å². The molecule has 0 atom stereocenters. The number of carbonyl (C=O) groups excluding carboxylic acids is 1. The van der Waals surface area contributed by atoms with Crippen LogP contribution in [0.5, 0.6) is 0 Å². The van der Waals surface area contributed by atoms with Crippen LogP contribution in [0.3, 0.4) is 0 Å². The molecular formula is C18H23N3O3. The maximum atomic E-state index is 13.1. The highest BCUT2D eigenvalue weighted by Gasteiger charge is 2.29. The molecule has 0 aromatic carbocycles. The van der Waals surface area contributed by atoms with E-state index in [0.29, 0.717) is 12.2 Å². The lowest BCUT2D eigenvalue weighted by molar-refractivity contribution is 0.0544. The number of rotatable bonds is 4. The van der Waals surface area contributed by atoms with E-state index in [1.807, 2.05) is 24.0 Å². The van der Waals surface area contributed by atoms with Gasteiger partial charge in [0.05, 0.1) is 12.8 Å². The fourth-order valence-electron chi connectivity index (χ4n) is 3.19. The van der Waals surface area contributed by atoms with Gasteiger partial charge in [-0.3, -0.25) is 9.59 Å². The molecule has 0 saturated carbocycles. The standard InChI is InChI=1S/C18H23N3O3/c1-13-10-16(19-17(22)11-13)18(23)21(12-15-4-3-9-24-15)14-5-7-20(2)8-6-14/h3-4,9-11,14H,5-8,12H2,1-2H3,(H,19,22). The van der Waals surface area contributed by atoms with Crippen molar-refractivity contribution in [3.8, 4) is 0 Å². The van der Waals surface area contributed by atoms with Gasteiger partial charge >= 0.3 is 0 Å². The maximum Gasteiger partial charge on any atom is 0.271 e. The summed E-state index contributed by atoms with van der Waals surface area (Å²) in [7, 11) is 2.09. The minimum Gasteiger partial charge on any atom is -0.467 e. The first kappa shape index (κ1) is 16.5. The fourth-order valence-corrected chi connectivity index (χ4v) is 3.19. The molecule has 1 amide bonds. The van der Waals surface area contributed by atoms with E-state index in [9.17, 15) is 9.59 Å². The van der Waals surface area contributed by atoms with E-state index in [1.54, 1.807) is 12.3 Å². The molecule has 1 aliphatic heterocycles. The van der Waals surface area contributed by atoms with Gasteiger partial charge in [-0.2, -0.15) is 0 Å². The molecule has 128 valence electrons. The first-order valence-electron chi connectivity index (χ1n) is 8.26. The average molecular weight is 329 g/mol. The smallest absolute Gasteiger partial charge is 0.271 e. The van der Waals surface area contributed by atoms with Crippen molar-refractivity contribution >= 4 is 5.91 Å². The number of piperidine rings is 1. The average Bonchev–Trinajstić information content (AvgIpc) is 3.05. The van der Waals surface area contributed by atoms with E-state index in [0.717, 1.165) is 37.3 Å². The number of aromatic nitrogens is 1. The van der Waals surface area contributed by atoms with Crippen LogP contribution in [0.2, 0.25) is 0 Å². The van der Waals surface area contributed by atoms with Crippen molar-refractivity contribution in [1.29, 1.82) is 0 Å². The third kappa shape index (κ3) is 3.76. The third-order valence-electron chi connectivity index (χ3n) is 4.52. The molecule has 6 nitrogen and oxygen atoms in total. The summed E-state index contributed by atoms with van der Waals surface area (Å²) in [5.41, 5.74) is 0.869. The molecule has 0 spiro atoms. The lowest BCUT2D eigenvalue weighted by atomic mass is 10.0. The quantitative estimate of drug-likeness (QED) is 0.931. The van der Waals surface area contributed by atoms with Gasteiger partial charge in [-0.1, -0.05) is 0 Å². The number of hydrogen-bond acceptors (Lipinski definition) is 4. The summed E-state index contributed by atoms with van der Waals surface area (Å²) < 4.78 is 5.43. The number of furan rings is 1. The fraction of sp³-hybridized carbons (Fsp3) is 0.444. The molecule has 0 radical (unpaired) electrons. The van der Waals surface area contributed by atoms with Gasteiger partial charge in [0.15, 0.2) is 0 Å². The molecule has 3 heterocycles. The first-order valence-corrected chi connectivity index (χ1v) is 8.26. The summed E-state index contributed by atoms with van der Waals surface area (Å²) in [6, 6.07) is 7.05. The Morgan fingerprint density at radius 1 is 1.38 bits per heavy atom. The van der Waals surface area contributed by atoms with Gasteiger partial charge in [0, 0.05) is 12.1 Å². The minimum absolute atomic E-state index is 0.141. The third-order valence-corrected chi connectivity index (χ3v) is 4.52. The molecule has 1 N–H and O–H groups in total. The normalized spacial score (nSPS) is 16.2. The zero-order chi connectivity index (χ0) is 17.1. The number of hydrogen-bond donors (Lipinski definition) is 1. The zero-order valence-electron chi connectivity index (χ0n) is 14.1. The van der Waals surface area contributed by atoms with E-state index in [-0.39, 0.29) is 17.5 Å². The predicted molar refractivity (Wildman–Crippen MR) is 90.9 cm³/mol. The maximum absolute atomic E-state index is 13.1. The second-order valence-corrected chi connectivity index (χ2v) is 6.48. The van der Waals surface area contributed by atoms with Crippen molar-refractivity contribution in [2.45, 2.75) is 32.4 Å². The number of likely N-dealkylation sites (tertiary alicyclic amines) is 1. The van der Waals surface area contributed by atoms with Crippen LogP contribution in [0.25, 0.3) is 0 Å². The van der Waals surface area contributed by atoms with Crippen LogP contribution in [0, 0.1) is 6.92 Å². The summed E-state index contributed by atoms with van der Waals surface area (Å²) in [5.74, 6) is 0.596. The van der Waals surface area contributed by atoms with Crippen molar-refractivity contribution in [3.05, 3.63) is 57.9 Å². The second-order valence-electron chi connectivity index (χ2n) is 6.48. The molecule has 1 aliphatic rings. The first-order chi connectivity index (χ1) is 11.5. The number of aromatic amines is 1. The number of H-pyrrole nitrogens is 1. The Balaban J connectivity index is 1.87. The van der Waals surface area contributed by atoms with E-state index in [1.165, 1.54) is 6.07 Å². The molecule has 24 heavy (non-hydrogen) atoms. The van der Waals surface area contributed by atoms with Crippen molar-refractivity contribution in [2.24, 2.45) is 0 Å². The van der Waals surface area contributed by atoms with Gasteiger partial charge < -0.3 is 19.2 Å². The largest absolute Gasteiger partial charge is 0.467 e. The molecule has 1 saturated heterocycles. The van der Waals surface area contributed by atoms with Crippen LogP contribution in [-0.2, 0) is 6.54 Å². The van der Waals surface area contributed by atoms with E-state index in [4.69, 9.17) is 4.42 Å². The van der Waals surface area contributed by atoms with Crippen LogP contribution in [0.4, 0.5) is 0 Å². The summed E-state index contributed by atoms with van der Waals surface area (Å²) in [6.45, 7) is 4.14. The van der Waals surface area contributed by atoms with Crippen LogP contribution in [0.15, 0.2) is 39.7 Å². The number of nitrogens with one attached hydrogen (secondary N) is 1. The Hall–Kier alpha value is -2.34. The lowest BCUT2D eigenvalue weighted by Crippen LogP contribution is -2.46. The number of aryl methyl sites for hydroxylation is 1. The second kappa shape index (κ2) is 7.05. The van der Waals surface area contributed by atoms with Gasteiger partial charge in [0.1, 0.15) is 11.5 Å². The molecule has 1 fully saturated rings. The summed E-state index contributed by atoms with van der Waals surface area (Å²) >= 11 is 0. The van der Waals surface area contributed by atoms with E-state index in [2.05, 4.69) is 16.9 Å². The van der Waals surface area contributed by atoms with Crippen molar-refractivity contribution in [3.63, 3.8) is 0 Å². The highest BCUT2D eigenvalue weighted by molar-refractivity contribution is 5.92. The summed E-state index contributed by atoms with van der Waals surface area (Å²) in [6.07, 6.45) is 3.44. The predicted octanol–water partition coefficient (Wildman–Crippen LogP) is 2.01. The summed E-state index contributed by atoms with van der Waals surface area (Å²) in [5, 5.41) is 0. The zero-order valence-corrected chi connectivity index (χ0v) is 14.1. The van der Waals surface area contributed by atoms with Crippen molar-refractivity contribution in [2.75, 3.05) is 20.1 Å². The highest BCUT2D eigenvalue weighted by Crippen LogP contribution is 2.20. The number of carbonyl (C=O) groups is 1. The molecule has 6 heteroatoms. The van der Waals surface area contributed by atoms with Gasteiger partial charge in [-0.25, -0.2) is 0 Å². The molecule has 3 rings (SSSR count).